The number of imidazole rings is 1. The van der Waals surface area contributed by atoms with E-state index in [1.165, 1.54) is 0 Å². The molecule has 3 N–H and O–H groups in total. The Morgan fingerprint density at radius 1 is 1.21 bits per heavy atom. The van der Waals surface area contributed by atoms with Crippen molar-refractivity contribution >= 4 is 15.9 Å². The van der Waals surface area contributed by atoms with Crippen molar-refractivity contribution in [3.63, 3.8) is 0 Å². The Morgan fingerprint density at radius 2 is 1.79 bits per heavy atom. The molecule has 0 aliphatic heterocycles. The quantitative estimate of drug-likeness (QED) is 0.889. The van der Waals surface area contributed by atoms with E-state index in [0.29, 0.717) is 0 Å². The summed E-state index contributed by atoms with van der Waals surface area (Å²) in [6, 6.07) is 8.18. The number of halogens is 1. The lowest BCUT2D eigenvalue weighted by Crippen LogP contribution is -2.36. The Kier molecular flexibility index (Phi) is 4.11. The number of nitrogens with zero attached hydrogens (tertiary/aromatic N) is 1. The molecule has 1 aromatic heterocycles. The van der Waals surface area contributed by atoms with Gasteiger partial charge < -0.3 is 10.7 Å². The van der Waals surface area contributed by atoms with Gasteiger partial charge in [-0.1, -0.05) is 41.9 Å². The van der Waals surface area contributed by atoms with Crippen LogP contribution in [0.3, 0.4) is 0 Å². The van der Waals surface area contributed by atoms with Gasteiger partial charge in [-0.2, -0.15) is 0 Å². The minimum Gasteiger partial charge on any atom is -0.344 e. The Labute approximate surface area is 122 Å². The summed E-state index contributed by atoms with van der Waals surface area (Å²) in [5.74, 6) is 0.882. The van der Waals surface area contributed by atoms with E-state index in [0.717, 1.165) is 40.1 Å². The number of H-pyrrole nitrogens is 1. The van der Waals surface area contributed by atoms with Gasteiger partial charge in [0.05, 0.1) is 11.2 Å². The Hall–Kier alpha value is -1.13. The van der Waals surface area contributed by atoms with Gasteiger partial charge in [0.15, 0.2) is 0 Å². The van der Waals surface area contributed by atoms with E-state index in [4.69, 9.17) is 10.7 Å². The SMILES string of the molecule is CCC(N)(CC)c1nc(-c2ccc(Br)cc2)c(C)[nH]1. The number of hydrogen-bond donors (Lipinski definition) is 2. The maximum Gasteiger partial charge on any atom is 0.127 e. The molecule has 1 aromatic carbocycles. The maximum atomic E-state index is 6.40. The number of nitrogens with two attached hydrogens (primary N) is 1. The number of aromatic amines is 1. The molecule has 0 radical (unpaired) electrons. The van der Waals surface area contributed by atoms with Gasteiger partial charge >= 0.3 is 0 Å². The number of hydrogen-bond acceptors (Lipinski definition) is 2. The summed E-state index contributed by atoms with van der Waals surface area (Å²) in [6.07, 6.45) is 1.74. The Balaban J connectivity index is 2.44. The van der Waals surface area contributed by atoms with Gasteiger partial charge in [-0.15, -0.1) is 0 Å². The smallest absolute Gasteiger partial charge is 0.127 e. The number of nitrogens with one attached hydrogen (secondary N) is 1. The van der Waals surface area contributed by atoms with Crippen molar-refractivity contribution in [3.05, 3.63) is 40.3 Å². The fourth-order valence-electron chi connectivity index (χ4n) is 2.17. The lowest BCUT2D eigenvalue weighted by atomic mass is 9.93. The van der Waals surface area contributed by atoms with Crippen LogP contribution in [0.1, 0.15) is 38.2 Å². The van der Waals surface area contributed by atoms with Crippen LogP contribution in [-0.4, -0.2) is 9.97 Å². The number of rotatable bonds is 4. The molecule has 0 amide bonds. The van der Waals surface area contributed by atoms with Crippen molar-refractivity contribution in [1.29, 1.82) is 0 Å². The van der Waals surface area contributed by atoms with Crippen LogP contribution in [-0.2, 0) is 5.54 Å². The predicted molar refractivity (Wildman–Crippen MR) is 82.9 cm³/mol. The molecular weight excluding hydrogens is 302 g/mol. The van der Waals surface area contributed by atoms with Crippen LogP contribution in [0.15, 0.2) is 28.7 Å². The second-order valence-corrected chi connectivity index (χ2v) is 5.84. The van der Waals surface area contributed by atoms with E-state index < -0.39 is 0 Å². The normalized spacial score (nSPS) is 11.8. The van der Waals surface area contributed by atoms with Crippen molar-refractivity contribution < 1.29 is 0 Å². The molecule has 1 heterocycles. The fourth-order valence-corrected chi connectivity index (χ4v) is 2.43. The fraction of sp³-hybridized carbons (Fsp3) is 0.400. The third-order valence-electron chi connectivity index (χ3n) is 3.74. The van der Waals surface area contributed by atoms with E-state index in [1.807, 2.05) is 19.1 Å². The molecule has 3 nitrogen and oxygen atoms in total. The third-order valence-corrected chi connectivity index (χ3v) is 4.26. The summed E-state index contributed by atoms with van der Waals surface area (Å²) in [5.41, 5.74) is 9.20. The van der Waals surface area contributed by atoms with Crippen LogP contribution in [0.4, 0.5) is 0 Å². The molecule has 0 atom stereocenters. The van der Waals surface area contributed by atoms with Crippen LogP contribution in [0.25, 0.3) is 11.3 Å². The minimum atomic E-state index is -0.363. The molecule has 0 spiro atoms. The van der Waals surface area contributed by atoms with Crippen molar-refractivity contribution in [2.45, 2.75) is 39.2 Å². The largest absolute Gasteiger partial charge is 0.344 e. The Morgan fingerprint density at radius 3 is 2.32 bits per heavy atom. The van der Waals surface area contributed by atoms with Crippen LogP contribution in [0.2, 0.25) is 0 Å². The molecule has 0 bridgehead atoms. The van der Waals surface area contributed by atoms with Crippen molar-refractivity contribution in [2.75, 3.05) is 0 Å². The molecule has 0 aliphatic carbocycles. The third kappa shape index (κ3) is 2.74. The highest BCUT2D eigenvalue weighted by Gasteiger charge is 2.27. The van der Waals surface area contributed by atoms with Crippen LogP contribution < -0.4 is 5.73 Å². The monoisotopic (exact) mass is 321 g/mol. The molecule has 0 fully saturated rings. The zero-order valence-electron chi connectivity index (χ0n) is 11.6. The summed E-state index contributed by atoms with van der Waals surface area (Å²) in [6.45, 7) is 6.24. The van der Waals surface area contributed by atoms with Crippen LogP contribution >= 0.6 is 15.9 Å². The highest BCUT2D eigenvalue weighted by molar-refractivity contribution is 9.10. The maximum absolute atomic E-state index is 6.40. The van der Waals surface area contributed by atoms with Crippen molar-refractivity contribution in [3.8, 4) is 11.3 Å². The predicted octanol–water partition coefficient (Wildman–Crippen LogP) is 4.12. The van der Waals surface area contributed by atoms with Gasteiger partial charge in [-0.05, 0) is 31.9 Å². The second kappa shape index (κ2) is 5.47. The molecule has 0 aliphatic rings. The first kappa shape index (κ1) is 14.3. The summed E-state index contributed by atoms with van der Waals surface area (Å²) in [4.78, 5) is 8.08. The molecule has 0 saturated heterocycles. The zero-order valence-corrected chi connectivity index (χ0v) is 13.2. The first-order valence-electron chi connectivity index (χ1n) is 6.62. The van der Waals surface area contributed by atoms with Crippen LogP contribution in [0.5, 0.6) is 0 Å². The Bertz CT molecular complexity index is 553. The molecule has 0 unspecified atom stereocenters. The number of aromatic nitrogens is 2. The van der Waals surface area contributed by atoms with E-state index in [9.17, 15) is 0 Å². The lowest BCUT2D eigenvalue weighted by molar-refractivity contribution is 0.390. The molecular formula is C15H20BrN3. The minimum absolute atomic E-state index is 0.363. The topological polar surface area (TPSA) is 54.7 Å². The number of aryl methyl sites for hydroxylation is 1. The van der Waals surface area contributed by atoms with Gasteiger partial charge in [-0.3, -0.25) is 0 Å². The molecule has 19 heavy (non-hydrogen) atoms. The summed E-state index contributed by atoms with van der Waals surface area (Å²) < 4.78 is 1.07. The summed E-state index contributed by atoms with van der Waals surface area (Å²) in [7, 11) is 0. The van der Waals surface area contributed by atoms with Gasteiger partial charge in [0.2, 0.25) is 0 Å². The van der Waals surface area contributed by atoms with E-state index >= 15 is 0 Å². The highest BCUT2D eigenvalue weighted by atomic mass is 79.9. The standard InChI is InChI=1S/C15H20BrN3/c1-4-15(17,5-2)14-18-10(3)13(19-14)11-6-8-12(16)9-7-11/h6-9H,4-5,17H2,1-3H3,(H,18,19). The summed E-state index contributed by atoms with van der Waals surface area (Å²) >= 11 is 3.45. The van der Waals surface area contributed by atoms with E-state index in [1.54, 1.807) is 0 Å². The van der Waals surface area contributed by atoms with Crippen molar-refractivity contribution in [2.24, 2.45) is 5.73 Å². The second-order valence-electron chi connectivity index (χ2n) is 4.93. The molecule has 2 aromatic rings. The van der Waals surface area contributed by atoms with Crippen LogP contribution in [0, 0.1) is 6.92 Å². The molecule has 2 rings (SSSR count). The first-order valence-corrected chi connectivity index (χ1v) is 7.41. The molecule has 102 valence electrons. The van der Waals surface area contributed by atoms with E-state index in [-0.39, 0.29) is 5.54 Å². The van der Waals surface area contributed by atoms with Gasteiger partial charge in [-0.25, -0.2) is 4.98 Å². The molecule has 4 heteroatoms. The highest BCUT2D eigenvalue weighted by Crippen LogP contribution is 2.29. The van der Waals surface area contributed by atoms with Gasteiger partial charge in [0, 0.05) is 15.7 Å². The lowest BCUT2D eigenvalue weighted by Gasteiger charge is -2.23. The van der Waals surface area contributed by atoms with Crippen molar-refractivity contribution in [1.82, 2.24) is 9.97 Å². The first-order chi connectivity index (χ1) is 9.00. The van der Waals surface area contributed by atoms with E-state index in [2.05, 4.69) is 46.9 Å². The summed E-state index contributed by atoms with van der Waals surface area (Å²) in [5, 5.41) is 0. The number of benzene rings is 1. The molecule has 0 saturated carbocycles. The zero-order chi connectivity index (χ0) is 14.0. The van der Waals surface area contributed by atoms with Gasteiger partial charge in [0.1, 0.15) is 5.82 Å². The van der Waals surface area contributed by atoms with Gasteiger partial charge in [0.25, 0.3) is 0 Å². The average molecular weight is 322 g/mol. The average Bonchev–Trinajstić information content (AvgIpc) is 2.81.